The predicted molar refractivity (Wildman–Crippen MR) is 62.6 cm³/mol. The average molecular weight is 263 g/mol. The Labute approximate surface area is 108 Å². The highest BCUT2D eigenvalue weighted by atomic mass is 19.1. The van der Waals surface area contributed by atoms with Crippen molar-refractivity contribution in [2.45, 2.75) is 13.1 Å². The largest absolute Gasteiger partial charge is 0.320 e. The molecule has 19 heavy (non-hydrogen) atoms. The first-order chi connectivity index (χ1) is 9.11. The highest BCUT2D eigenvalue weighted by Crippen LogP contribution is 2.15. The lowest BCUT2D eigenvalue weighted by Crippen LogP contribution is -2.17. The Kier molecular flexibility index (Phi) is 3.82. The van der Waals surface area contributed by atoms with Gasteiger partial charge in [-0.15, -0.1) is 10.2 Å². The smallest absolute Gasteiger partial charge is 0.146 e. The fourth-order valence-electron chi connectivity index (χ4n) is 1.60. The minimum absolute atomic E-state index is 0.0102. The SMILES string of the molecule is Cn1cnnc1CNCc1c(F)cc(C#N)cc1F. The number of aryl methyl sites for hydroxylation is 1. The van der Waals surface area contributed by atoms with Crippen LogP contribution in [0.2, 0.25) is 0 Å². The lowest BCUT2D eigenvalue weighted by Gasteiger charge is -2.07. The minimum atomic E-state index is -0.734. The molecule has 0 fully saturated rings. The molecule has 1 aromatic heterocycles. The van der Waals surface area contributed by atoms with Crippen molar-refractivity contribution in [2.75, 3.05) is 0 Å². The Hall–Kier alpha value is -2.33. The second-order valence-corrected chi connectivity index (χ2v) is 3.99. The Balaban J connectivity index is 2.04. The third-order valence-electron chi connectivity index (χ3n) is 2.66. The molecule has 0 bridgehead atoms. The van der Waals surface area contributed by atoms with Crippen molar-refractivity contribution in [1.29, 1.82) is 5.26 Å². The molecule has 1 N–H and O–H groups in total. The van der Waals surface area contributed by atoms with Crippen molar-refractivity contribution < 1.29 is 8.78 Å². The summed E-state index contributed by atoms with van der Waals surface area (Å²) in [6.45, 7) is 0.353. The maximum Gasteiger partial charge on any atom is 0.146 e. The summed E-state index contributed by atoms with van der Waals surface area (Å²) in [6.07, 6.45) is 1.54. The third kappa shape index (κ3) is 2.92. The van der Waals surface area contributed by atoms with E-state index >= 15 is 0 Å². The number of aromatic nitrogens is 3. The molecular formula is C12H11F2N5. The summed E-state index contributed by atoms with van der Waals surface area (Å²) in [5.74, 6) is -0.807. The first-order valence-electron chi connectivity index (χ1n) is 5.53. The highest BCUT2D eigenvalue weighted by molar-refractivity contribution is 5.34. The molecule has 0 saturated carbocycles. The molecular weight excluding hydrogens is 252 g/mol. The number of halogens is 2. The molecule has 0 amide bonds. The summed E-state index contributed by atoms with van der Waals surface area (Å²) in [5.41, 5.74) is -0.131. The van der Waals surface area contributed by atoms with Crippen molar-refractivity contribution in [3.05, 3.63) is 47.0 Å². The van der Waals surface area contributed by atoms with Gasteiger partial charge in [0.2, 0.25) is 0 Å². The van der Waals surface area contributed by atoms with Gasteiger partial charge in [-0.2, -0.15) is 5.26 Å². The monoisotopic (exact) mass is 263 g/mol. The van der Waals surface area contributed by atoms with Gasteiger partial charge in [-0.05, 0) is 12.1 Å². The molecule has 0 saturated heterocycles. The van der Waals surface area contributed by atoms with Gasteiger partial charge in [0.15, 0.2) is 0 Å². The van der Waals surface area contributed by atoms with Gasteiger partial charge in [-0.3, -0.25) is 0 Å². The van der Waals surface area contributed by atoms with Crippen molar-refractivity contribution in [1.82, 2.24) is 20.1 Å². The molecule has 2 aromatic rings. The van der Waals surface area contributed by atoms with E-state index in [1.165, 1.54) is 0 Å². The van der Waals surface area contributed by atoms with E-state index in [0.717, 1.165) is 12.1 Å². The van der Waals surface area contributed by atoms with Crippen LogP contribution in [-0.4, -0.2) is 14.8 Å². The van der Waals surface area contributed by atoms with Crippen LogP contribution in [0.1, 0.15) is 17.0 Å². The zero-order chi connectivity index (χ0) is 13.8. The van der Waals surface area contributed by atoms with Gasteiger partial charge in [0.05, 0.1) is 18.2 Å². The molecule has 0 spiro atoms. The van der Waals surface area contributed by atoms with Gasteiger partial charge in [0.1, 0.15) is 23.8 Å². The summed E-state index contributed by atoms with van der Waals surface area (Å²) in [4.78, 5) is 0. The maximum atomic E-state index is 13.6. The van der Waals surface area contributed by atoms with Crippen LogP contribution in [0, 0.1) is 23.0 Å². The Morgan fingerprint density at radius 3 is 2.53 bits per heavy atom. The van der Waals surface area contributed by atoms with Gasteiger partial charge < -0.3 is 9.88 Å². The Morgan fingerprint density at radius 2 is 2.00 bits per heavy atom. The van der Waals surface area contributed by atoms with Crippen molar-refractivity contribution in [2.24, 2.45) is 7.05 Å². The molecule has 0 aliphatic rings. The van der Waals surface area contributed by atoms with Crippen LogP contribution < -0.4 is 5.32 Å². The van der Waals surface area contributed by atoms with Gasteiger partial charge >= 0.3 is 0 Å². The van der Waals surface area contributed by atoms with Crippen LogP contribution in [0.5, 0.6) is 0 Å². The molecule has 0 unspecified atom stereocenters. The number of hydrogen-bond donors (Lipinski definition) is 1. The number of nitrogens with one attached hydrogen (secondary N) is 1. The molecule has 7 heteroatoms. The highest BCUT2D eigenvalue weighted by Gasteiger charge is 2.11. The third-order valence-corrected chi connectivity index (χ3v) is 2.66. The second-order valence-electron chi connectivity index (χ2n) is 3.99. The van der Waals surface area contributed by atoms with E-state index in [9.17, 15) is 8.78 Å². The Bertz CT molecular complexity index is 606. The number of rotatable bonds is 4. The molecule has 0 radical (unpaired) electrons. The second kappa shape index (κ2) is 5.54. The van der Waals surface area contributed by atoms with E-state index in [2.05, 4.69) is 15.5 Å². The number of nitrogens with zero attached hydrogens (tertiary/aromatic N) is 4. The van der Waals surface area contributed by atoms with E-state index in [1.54, 1.807) is 24.0 Å². The maximum absolute atomic E-state index is 13.6. The van der Waals surface area contributed by atoms with E-state index in [0.29, 0.717) is 12.4 Å². The summed E-state index contributed by atoms with van der Waals surface area (Å²) in [5, 5.41) is 19.0. The quantitative estimate of drug-likeness (QED) is 0.901. The summed E-state index contributed by atoms with van der Waals surface area (Å²) >= 11 is 0. The molecule has 98 valence electrons. The van der Waals surface area contributed by atoms with E-state index in [-0.39, 0.29) is 17.7 Å². The lowest BCUT2D eigenvalue weighted by molar-refractivity contribution is 0.529. The van der Waals surface area contributed by atoms with E-state index < -0.39 is 11.6 Å². The number of hydrogen-bond acceptors (Lipinski definition) is 4. The zero-order valence-corrected chi connectivity index (χ0v) is 10.2. The Morgan fingerprint density at radius 1 is 1.32 bits per heavy atom. The summed E-state index contributed by atoms with van der Waals surface area (Å²) in [7, 11) is 1.78. The van der Waals surface area contributed by atoms with Crippen LogP contribution in [0.25, 0.3) is 0 Å². The first kappa shape index (κ1) is 13.1. The van der Waals surface area contributed by atoms with E-state index in [4.69, 9.17) is 5.26 Å². The molecule has 1 heterocycles. The zero-order valence-electron chi connectivity index (χ0n) is 10.2. The van der Waals surface area contributed by atoms with Crippen molar-refractivity contribution in [3.63, 3.8) is 0 Å². The van der Waals surface area contributed by atoms with Crippen LogP contribution in [0.15, 0.2) is 18.5 Å². The van der Waals surface area contributed by atoms with Crippen LogP contribution >= 0.6 is 0 Å². The molecule has 2 rings (SSSR count). The standard InChI is InChI=1S/C12H11F2N5/c1-19-7-17-18-12(19)6-16-5-9-10(13)2-8(4-15)3-11(9)14/h2-3,7,16H,5-6H2,1H3. The lowest BCUT2D eigenvalue weighted by atomic mass is 10.1. The van der Waals surface area contributed by atoms with Gasteiger partial charge in [-0.1, -0.05) is 0 Å². The van der Waals surface area contributed by atoms with Crippen molar-refractivity contribution >= 4 is 0 Å². The topological polar surface area (TPSA) is 66.5 Å². The molecule has 1 aromatic carbocycles. The number of benzene rings is 1. The fraction of sp³-hybridized carbons (Fsp3) is 0.250. The van der Waals surface area contributed by atoms with Crippen LogP contribution in [-0.2, 0) is 20.1 Å². The normalized spacial score (nSPS) is 10.4. The molecule has 5 nitrogen and oxygen atoms in total. The van der Waals surface area contributed by atoms with Gasteiger partial charge in [0.25, 0.3) is 0 Å². The van der Waals surface area contributed by atoms with Crippen LogP contribution in [0.3, 0.4) is 0 Å². The summed E-state index contributed by atoms with van der Waals surface area (Å²) in [6, 6.07) is 3.73. The van der Waals surface area contributed by atoms with E-state index in [1.807, 2.05) is 0 Å². The minimum Gasteiger partial charge on any atom is -0.320 e. The van der Waals surface area contributed by atoms with Gasteiger partial charge in [0, 0.05) is 19.2 Å². The summed E-state index contributed by atoms with van der Waals surface area (Å²) < 4.78 is 28.9. The molecule has 0 aliphatic heterocycles. The number of nitriles is 1. The van der Waals surface area contributed by atoms with Crippen molar-refractivity contribution in [3.8, 4) is 6.07 Å². The average Bonchev–Trinajstić information content (AvgIpc) is 2.78. The molecule has 0 aliphatic carbocycles. The van der Waals surface area contributed by atoms with Gasteiger partial charge in [-0.25, -0.2) is 8.78 Å². The molecule has 0 atom stereocenters. The predicted octanol–water partition coefficient (Wildman–Crippen LogP) is 1.25. The fourth-order valence-corrected chi connectivity index (χ4v) is 1.60. The van der Waals surface area contributed by atoms with Crippen LogP contribution in [0.4, 0.5) is 8.78 Å². The first-order valence-corrected chi connectivity index (χ1v) is 5.53.